The number of carbonyl (C=O) groups excluding carboxylic acids is 2. The fourth-order valence-electron chi connectivity index (χ4n) is 2.43. The smallest absolute Gasteiger partial charge is 0.357 e. The number of thiazole rings is 1. The van der Waals surface area contributed by atoms with Crippen molar-refractivity contribution >= 4 is 34.0 Å². The number of ether oxygens (including phenoxy) is 2. The maximum atomic E-state index is 13.3. The molecule has 0 saturated heterocycles. The van der Waals surface area contributed by atoms with E-state index in [2.05, 4.69) is 15.0 Å². The summed E-state index contributed by atoms with van der Waals surface area (Å²) in [5.41, 5.74) is 1.60. The number of anilines is 2. The normalized spacial score (nSPS) is 10.4. The molecule has 0 N–H and O–H groups in total. The van der Waals surface area contributed by atoms with Crippen LogP contribution in [-0.2, 0) is 4.74 Å². The zero-order valence-electron chi connectivity index (χ0n) is 15.6. The van der Waals surface area contributed by atoms with E-state index in [9.17, 15) is 9.59 Å². The van der Waals surface area contributed by atoms with Gasteiger partial charge in [0, 0.05) is 11.6 Å². The fraction of sp³-hybridized carbons (Fsp3) is 0.211. The average molecular weight is 398 g/mol. The molecule has 0 atom stereocenters. The zero-order chi connectivity index (χ0) is 20.1. The van der Waals surface area contributed by atoms with Crippen LogP contribution >= 0.6 is 11.3 Å². The number of hydrogen-bond donors (Lipinski definition) is 0. The first-order valence-corrected chi connectivity index (χ1v) is 9.30. The first-order chi connectivity index (χ1) is 13.5. The van der Waals surface area contributed by atoms with E-state index < -0.39 is 5.97 Å². The number of amides is 1. The van der Waals surface area contributed by atoms with Crippen LogP contribution < -0.4 is 9.64 Å². The molecule has 0 aliphatic heterocycles. The van der Waals surface area contributed by atoms with E-state index in [4.69, 9.17) is 9.47 Å². The van der Waals surface area contributed by atoms with Crippen molar-refractivity contribution < 1.29 is 19.1 Å². The Labute approximate surface area is 165 Å². The Bertz CT molecular complexity index is 988. The van der Waals surface area contributed by atoms with Crippen LogP contribution in [0.1, 0.15) is 33.5 Å². The van der Waals surface area contributed by atoms with Gasteiger partial charge in [0.1, 0.15) is 12.1 Å². The minimum Gasteiger partial charge on any atom is -0.497 e. The van der Waals surface area contributed by atoms with Crippen molar-refractivity contribution in [3.63, 3.8) is 0 Å². The van der Waals surface area contributed by atoms with Gasteiger partial charge >= 0.3 is 5.97 Å². The maximum absolute atomic E-state index is 13.3. The molecule has 0 spiro atoms. The van der Waals surface area contributed by atoms with Crippen LogP contribution in [0.15, 0.2) is 42.2 Å². The molecular weight excluding hydrogens is 380 g/mol. The number of esters is 1. The monoisotopic (exact) mass is 398 g/mol. The predicted octanol–water partition coefficient (Wildman–Crippen LogP) is 3.41. The van der Waals surface area contributed by atoms with Crippen molar-refractivity contribution in [2.24, 2.45) is 0 Å². The molecule has 144 valence electrons. The molecule has 8 nitrogen and oxygen atoms in total. The van der Waals surface area contributed by atoms with Crippen LogP contribution in [0.4, 0.5) is 10.8 Å². The van der Waals surface area contributed by atoms with E-state index in [1.165, 1.54) is 28.8 Å². The second-order valence-electron chi connectivity index (χ2n) is 5.60. The third-order valence-corrected chi connectivity index (χ3v) is 4.67. The number of rotatable bonds is 6. The summed E-state index contributed by atoms with van der Waals surface area (Å²) in [7, 11) is 1.56. The highest BCUT2D eigenvalue weighted by Crippen LogP contribution is 2.32. The average Bonchev–Trinajstić information content (AvgIpc) is 3.19. The lowest BCUT2D eigenvalue weighted by Gasteiger charge is -2.20. The van der Waals surface area contributed by atoms with E-state index in [0.29, 0.717) is 27.8 Å². The summed E-state index contributed by atoms with van der Waals surface area (Å²) in [5, 5.41) is 1.90. The Balaban J connectivity index is 2.05. The zero-order valence-corrected chi connectivity index (χ0v) is 16.4. The van der Waals surface area contributed by atoms with Gasteiger partial charge in [-0.2, -0.15) is 0 Å². The van der Waals surface area contributed by atoms with Gasteiger partial charge in [0.15, 0.2) is 10.8 Å². The van der Waals surface area contributed by atoms with Crippen molar-refractivity contribution in [3.05, 3.63) is 59.1 Å². The largest absolute Gasteiger partial charge is 0.497 e. The molecule has 28 heavy (non-hydrogen) atoms. The van der Waals surface area contributed by atoms with Gasteiger partial charge in [-0.25, -0.2) is 19.7 Å². The van der Waals surface area contributed by atoms with Gasteiger partial charge < -0.3 is 9.47 Å². The minimum absolute atomic E-state index is 0.147. The summed E-state index contributed by atoms with van der Waals surface area (Å²) in [4.78, 5) is 39.0. The van der Waals surface area contributed by atoms with Crippen LogP contribution in [0.2, 0.25) is 0 Å². The topological polar surface area (TPSA) is 94.5 Å². The van der Waals surface area contributed by atoms with Crippen LogP contribution in [0, 0.1) is 6.92 Å². The van der Waals surface area contributed by atoms with Crippen molar-refractivity contribution in [1.82, 2.24) is 15.0 Å². The molecule has 2 aromatic heterocycles. The maximum Gasteiger partial charge on any atom is 0.357 e. The molecule has 2 heterocycles. The van der Waals surface area contributed by atoms with E-state index in [-0.39, 0.29) is 18.2 Å². The Morgan fingerprint density at radius 2 is 1.96 bits per heavy atom. The molecule has 1 amide bonds. The summed E-state index contributed by atoms with van der Waals surface area (Å²) in [6, 6.07) is 6.95. The Morgan fingerprint density at radius 3 is 2.61 bits per heavy atom. The third-order valence-electron chi connectivity index (χ3n) is 3.84. The molecule has 1 aromatic carbocycles. The number of hydrogen-bond acceptors (Lipinski definition) is 8. The van der Waals surface area contributed by atoms with Gasteiger partial charge in [0.2, 0.25) is 0 Å². The molecule has 0 unspecified atom stereocenters. The van der Waals surface area contributed by atoms with Gasteiger partial charge in [-0.15, -0.1) is 11.3 Å². The number of nitrogens with zero attached hydrogens (tertiary/aromatic N) is 4. The number of carbonyl (C=O) groups is 2. The SMILES string of the molecule is CCOC(=O)c1csc(N(C(=O)c2cncnc2C)c2ccc(OC)cc2)n1. The third kappa shape index (κ3) is 3.99. The molecule has 0 aliphatic carbocycles. The molecule has 0 saturated carbocycles. The lowest BCUT2D eigenvalue weighted by Crippen LogP contribution is -2.27. The first kappa shape index (κ1) is 19.4. The summed E-state index contributed by atoms with van der Waals surface area (Å²) < 4.78 is 10.2. The Morgan fingerprint density at radius 1 is 1.21 bits per heavy atom. The molecule has 3 rings (SSSR count). The Hall–Kier alpha value is -3.33. The number of methoxy groups -OCH3 is 1. The second-order valence-corrected chi connectivity index (χ2v) is 6.43. The molecule has 0 aliphatic rings. The summed E-state index contributed by atoms with van der Waals surface area (Å²) in [6.45, 7) is 3.69. The van der Waals surface area contributed by atoms with E-state index in [1.807, 2.05) is 0 Å². The predicted molar refractivity (Wildman–Crippen MR) is 104 cm³/mol. The quantitative estimate of drug-likeness (QED) is 0.587. The van der Waals surface area contributed by atoms with Crippen molar-refractivity contribution in [2.45, 2.75) is 13.8 Å². The molecule has 0 radical (unpaired) electrons. The lowest BCUT2D eigenvalue weighted by atomic mass is 10.2. The Kier molecular flexibility index (Phi) is 5.95. The van der Waals surface area contributed by atoms with Crippen LogP contribution in [0.5, 0.6) is 5.75 Å². The minimum atomic E-state index is -0.536. The lowest BCUT2D eigenvalue weighted by molar-refractivity contribution is 0.0520. The van der Waals surface area contributed by atoms with E-state index in [0.717, 1.165) is 0 Å². The van der Waals surface area contributed by atoms with Gasteiger partial charge in [0.25, 0.3) is 5.91 Å². The van der Waals surface area contributed by atoms with Crippen molar-refractivity contribution in [1.29, 1.82) is 0 Å². The van der Waals surface area contributed by atoms with E-state index >= 15 is 0 Å². The van der Waals surface area contributed by atoms with E-state index in [1.54, 1.807) is 50.6 Å². The highest BCUT2D eigenvalue weighted by Gasteiger charge is 2.26. The van der Waals surface area contributed by atoms with Crippen LogP contribution in [0.3, 0.4) is 0 Å². The van der Waals surface area contributed by atoms with Crippen LogP contribution in [-0.4, -0.2) is 40.5 Å². The fourth-order valence-corrected chi connectivity index (χ4v) is 3.24. The van der Waals surface area contributed by atoms with Crippen LogP contribution in [0.25, 0.3) is 0 Å². The molecule has 0 fully saturated rings. The van der Waals surface area contributed by atoms with Gasteiger partial charge in [0.05, 0.1) is 30.7 Å². The van der Waals surface area contributed by atoms with Crippen molar-refractivity contribution in [2.75, 3.05) is 18.6 Å². The summed E-state index contributed by atoms with van der Waals surface area (Å²) in [6.07, 6.45) is 2.84. The van der Waals surface area contributed by atoms with Gasteiger partial charge in [-0.3, -0.25) is 9.69 Å². The molecule has 0 bridgehead atoms. The van der Waals surface area contributed by atoms with Gasteiger partial charge in [-0.05, 0) is 38.1 Å². The second kappa shape index (κ2) is 8.57. The van der Waals surface area contributed by atoms with Gasteiger partial charge in [-0.1, -0.05) is 0 Å². The molecule has 3 aromatic rings. The first-order valence-electron chi connectivity index (χ1n) is 8.43. The molecule has 9 heteroatoms. The van der Waals surface area contributed by atoms with Crippen molar-refractivity contribution in [3.8, 4) is 5.75 Å². The highest BCUT2D eigenvalue weighted by molar-refractivity contribution is 7.14. The summed E-state index contributed by atoms with van der Waals surface area (Å²) in [5.74, 6) is -0.235. The standard InChI is InChI=1S/C19H18N4O4S/c1-4-27-18(25)16-10-28-19(22-16)23(13-5-7-14(26-3)8-6-13)17(24)15-9-20-11-21-12(15)2/h5-11H,4H2,1-3H3. The number of benzene rings is 1. The number of aromatic nitrogens is 3. The molecular formula is C19H18N4O4S. The highest BCUT2D eigenvalue weighted by atomic mass is 32.1. The number of aryl methyl sites for hydroxylation is 1. The summed E-state index contributed by atoms with van der Waals surface area (Å²) >= 11 is 1.17.